The van der Waals surface area contributed by atoms with Gasteiger partial charge in [-0.3, -0.25) is 10.2 Å². The van der Waals surface area contributed by atoms with Crippen molar-refractivity contribution in [3.63, 3.8) is 0 Å². The lowest BCUT2D eigenvalue weighted by atomic mass is 10.1. The molecule has 5 nitrogen and oxygen atoms in total. The highest BCUT2D eigenvalue weighted by Gasteiger charge is 2.29. The molecule has 1 rings (SSSR count). The predicted molar refractivity (Wildman–Crippen MR) is 43.8 cm³/mol. The molecule has 68 valence electrons. The van der Waals surface area contributed by atoms with E-state index in [-0.39, 0.29) is 17.9 Å². The van der Waals surface area contributed by atoms with E-state index in [1.54, 1.807) is 0 Å². The monoisotopic (exact) mass is 171 g/mol. The summed E-state index contributed by atoms with van der Waals surface area (Å²) in [5.74, 6) is -1.09. The van der Waals surface area contributed by atoms with Crippen molar-refractivity contribution in [1.29, 1.82) is 5.41 Å². The van der Waals surface area contributed by atoms with Crippen LogP contribution in [0.15, 0.2) is 0 Å². The summed E-state index contributed by atoms with van der Waals surface area (Å²) in [6, 6.07) is 0.0728. The maximum absolute atomic E-state index is 10.5. The molecule has 2 atom stereocenters. The fourth-order valence-corrected chi connectivity index (χ4v) is 1.56. The highest BCUT2D eigenvalue weighted by molar-refractivity contribution is 5.75. The van der Waals surface area contributed by atoms with E-state index in [9.17, 15) is 4.79 Å². The molecule has 0 heterocycles. The van der Waals surface area contributed by atoms with Gasteiger partial charge in [0.1, 0.15) is 0 Å². The Morgan fingerprint density at radius 2 is 2.25 bits per heavy atom. The molecule has 0 aromatic carbocycles. The van der Waals surface area contributed by atoms with E-state index >= 15 is 0 Å². The zero-order valence-corrected chi connectivity index (χ0v) is 6.71. The Balaban J connectivity index is 2.35. The number of rotatable bonds is 2. The second-order valence-corrected chi connectivity index (χ2v) is 3.10. The molecule has 0 amide bonds. The largest absolute Gasteiger partial charge is 0.481 e. The SMILES string of the molecule is N=C(N)N[C@@H]1CC[C@H](C(=O)O)C1. The number of guanidine groups is 1. The summed E-state index contributed by atoms with van der Waals surface area (Å²) in [7, 11) is 0. The minimum Gasteiger partial charge on any atom is -0.481 e. The molecule has 0 aromatic heterocycles. The number of nitrogens with two attached hydrogens (primary N) is 1. The Bertz CT molecular complexity index is 205. The molecule has 1 fully saturated rings. The zero-order valence-electron chi connectivity index (χ0n) is 6.71. The standard InChI is InChI=1S/C7H13N3O2/c8-7(9)10-5-2-1-4(3-5)6(11)12/h4-5H,1-3H2,(H,11,12)(H4,8,9,10)/t4-,5+/m0/s1. The van der Waals surface area contributed by atoms with Crippen LogP contribution in [0.4, 0.5) is 0 Å². The Hall–Kier alpha value is -1.26. The molecular formula is C7H13N3O2. The minimum atomic E-state index is -0.747. The van der Waals surface area contributed by atoms with Gasteiger partial charge in [0, 0.05) is 6.04 Å². The lowest BCUT2D eigenvalue weighted by Crippen LogP contribution is -2.37. The van der Waals surface area contributed by atoms with Crippen molar-refractivity contribution < 1.29 is 9.90 Å². The van der Waals surface area contributed by atoms with Crippen molar-refractivity contribution in [3.05, 3.63) is 0 Å². The number of hydrogen-bond donors (Lipinski definition) is 4. The van der Waals surface area contributed by atoms with Crippen LogP contribution in [-0.2, 0) is 4.79 Å². The molecule has 1 aliphatic carbocycles. The van der Waals surface area contributed by atoms with E-state index in [1.807, 2.05) is 0 Å². The fourth-order valence-electron chi connectivity index (χ4n) is 1.56. The molecular weight excluding hydrogens is 158 g/mol. The lowest BCUT2D eigenvalue weighted by Gasteiger charge is -2.10. The second-order valence-electron chi connectivity index (χ2n) is 3.10. The van der Waals surface area contributed by atoms with E-state index < -0.39 is 5.97 Å². The second kappa shape index (κ2) is 3.42. The molecule has 0 spiro atoms. The maximum atomic E-state index is 10.5. The highest BCUT2D eigenvalue weighted by Crippen LogP contribution is 2.25. The van der Waals surface area contributed by atoms with Crippen LogP contribution in [0.5, 0.6) is 0 Å². The molecule has 1 saturated carbocycles. The average molecular weight is 171 g/mol. The molecule has 5 heteroatoms. The van der Waals surface area contributed by atoms with Crippen LogP contribution in [0.3, 0.4) is 0 Å². The van der Waals surface area contributed by atoms with Gasteiger partial charge in [-0.05, 0) is 19.3 Å². The molecule has 1 aliphatic rings. The van der Waals surface area contributed by atoms with Crippen LogP contribution in [-0.4, -0.2) is 23.1 Å². The first-order chi connectivity index (χ1) is 5.59. The number of carboxylic acid groups (broad SMARTS) is 1. The van der Waals surface area contributed by atoms with Gasteiger partial charge in [0.2, 0.25) is 0 Å². The van der Waals surface area contributed by atoms with Crippen molar-refractivity contribution in [3.8, 4) is 0 Å². The molecule has 5 N–H and O–H groups in total. The van der Waals surface area contributed by atoms with Crippen LogP contribution in [0, 0.1) is 11.3 Å². The number of hydrogen-bond acceptors (Lipinski definition) is 2. The van der Waals surface area contributed by atoms with Gasteiger partial charge in [-0.15, -0.1) is 0 Å². The van der Waals surface area contributed by atoms with Gasteiger partial charge in [0.25, 0.3) is 0 Å². The van der Waals surface area contributed by atoms with Crippen molar-refractivity contribution in [2.24, 2.45) is 11.7 Å². The van der Waals surface area contributed by atoms with Crippen LogP contribution in [0.25, 0.3) is 0 Å². The van der Waals surface area contributed by atoms with Crippen molar-refractivity contribution >= 4 is 11.9 Å². The van der Waals surface area contributed by atoms with Crippen molar-refractivity contribution in [2.75, 3.05) is 0 Å². The van der Waals surface area contributed by atoms with Crippen LogP contribution in [0.2, 0.25) is 0 Å². The van der Waals surface area contributed by atoms with E-state index in [1.165, 1.54) is 0 Å². The topological polar surface area (TPSA) is 99.2 Å². The van der Waals surface area contributed by atoms with Crippen molar-refractivity contribution in [1.82, 2.24) is 5.32 Å². The fraction of sp³-hybridized carbons (Fsp3) is 0.714. The third-order valence-electron chi connectivity index (χ3n) is 2.14. The summed E-state index contributed by atoms with van der Waals surface area (Å²) in [6.45, 7) is 0. The van der Waals surface area contributed by atoms with Crippen molar-refractivity contribution in [2.45, 2.75) is 25.3 Å². The van der Waals surface area contributed by atoms with E-state index in [0.717, 1.165) is 6.42 Å². The number of carbonyl (C=O) groups is 1. The van der Waals surface area contributed by atoms with Gasteiger partial charge >= 0.3 is 5.97 Å². The van der Waals surface area contributed by atoms with E-state index in [2.05, 4.69) is 5.32 Å². The molecule has 0 aromatic rings. The van der Waals surface area contributed by atoms with Gasteiger partial charge in [-0.1, -0.05) is 0 Å². The quantitative estimate of drug-likeness (QED) is 0.339. The molecule has 0 bridgehead atoms. The normalized spacial score (nSPS) is 28.3. The van der Waals surface area contributed by atoms with Gasteiger partial charge < -0.3 is 16.2 Å². The third-order valence-corrected chi connectivity index (χ3v) is 2.14. The molecule has 12 heavy (non-hydrogen) atoms. The van der Waals surface area contributed by atoms with E-state index in [0.29, 0.717) is 12.8 Å². The van der Waals surface area contributed by atoms with Gasteiger partial charge in [0.05, 0.1) is 5.92 Å². The zero-order chi connectivity index (χ0) is 9.14. The van der Waals surface area contributed by atoms with Gasteiger partial charge in [-0.25, -0.2) is 0 Å². The smallest absolute Gasteiger partial charge is 0.306 e. The van der Waals surface area contributed by atoms with E-state index in [4.69, 9.17) is 16.2 Å². The minimum absolute atomic E-state index is 0.0728. The molecule has 0 radical (unpaired) electrons. The maximum Gasteiger partial charge on any atom is 0.306 e. The van der Waals surface area contributed by atoms with Gasteiger partial charge in [-0.2, -0.15) is 0 Å². The Morgan fingerprint density at radius 1 is 1.58 bits per heavy atom. The van der Waals surface area contributed by atoms with Gasteiger partial charge in [0.15, 0.2) is 5.96 Å². The average Bonchev–Trinajstić information content (AvgIpc) is 2.34. The lowest BCUT2D eigenvalue weighted by molar-refractivity contribution is -0.141. The summed E-state index contributed by atoms with van der Waals surface area (Å²) in [5, 5.41) is 18.3. The molecule has 0 unspecified atom stereocenters. The predicted octanol–water partition coefficient (Wildman–Crippen LogP) is -0.277. The number of carboxylic acids is 1. The van der Waals surface area contributed by atoms with Crippen LogP contribution < -0.4 is 11.1 Å². The van der Waals surface area contributed by atoms with Crippen LogP contribution >= 0.6 is 0 Å². The summed E-state index contributed by atoms with van der Waals surface area (Å²) in [6.07, 6.45) is 2.05. The first-order valence-electron chi connectivity index (χ1n) is 3.93. The number of aliphatic carboxylic acids is 1. The highest BCUT2D eigenvalue weighted by atomic mass is 16.4. The Kier molecular flexibility index (Phi) is 2.52. The first-order valence-corrected chi connectivity index (χ1v) is 3.93. The number of nitrogens with one attached hydrogen (secondary N) is 2. The van der Waals surface area contributed by atoms with Crippen LogP contribution in [0.1, 0.15) is 19.3 Å². The Labute approximate surface area is 70.5 Å². The summed E-state index contributed by atoms with van der Waals surface area (Å²) < 4.78 is 0. The Morgan fingerprint density at radius 3 is 2.67 bits per heavy atom. The summed E-state index contributed by atoms with van der Waals surface area (Å²) in [5.41, 5.74) is 5.12. The summed E-state index contributed by atoms with van der Waals surface area (Å²) in [4.78, 5) is 10.5. The third kappa shape index (κ3) is 2.11. The molecule has 0 saturated heterocycles. The summed E-state index contributed by atoms with van der Waals surface area (Å²) >= 11 is 0. The first kappa shape index (κ1) is 8.83. The molecule has 0 aliphatic heterocycles.